The number of hydrogen-bond donors (Lipinski definition) is 2. The molecule has 0 saturated carbocycles. The third-order valence-electron chi connectivity index (χ3n) is 6.78. The van der Waals surface area contributed by atoms with E-state index in [0.29, 0.717) is 47.5 Å². The van der Waals surface area contributed by atoms with Crippen molar-refractivity contribution in [3.63, 3.8) is 0 Å². The largest absolute Gasteiger partial charge is 0.397 e. The van der Waals surface area contributed by atoms with Crippen LogP contribution in [-0.4, -0.2) is 57.8 Å². The number of anilines is 3. The summed E-state index contributed by atoms with van der Waals surface area (Å²) < 4.78 is 0. The highest BCUT2D eigenvalue weighted by atomic mass is 16.2. The van der Waals surface area contributed by atoms with Gasteiger partial charge in [0.1, 0.15) is 0 Å². The lowest BCUT2D eigenvalue weighted by molar-refractivity contribution is 0.0712. The molecule has 2 saturated heterocycles. The highest BCUT2D eigenvalue weighted by Gasteiger charge is 2.26. The summed E-state index contributed by atoms with van der Waals surface area (Å²) in [6, 6.07) is 9.26. The minimum absolute atomic E-state index is 0.0357. The van der Waals surface area contributed by atoms with Crippen molar-refractivity contribution in [1.29, 1.82) is 0 Å². The molecule has 0 spiro atoms. The monoisotopic (exact) mass is 471 g/mol. The Morgan fingerprint density at radius 1 is 0.943 bits per heavy atom. The third-order valence-corrected chi connectivity index (χ3v) is 6.78. The normalized spacial score (nSPS) is 16.0. The van der Waals surface area contributed by atoms with E-state index in [1.807, 2.05) is 36.1 Å². The van der Waals surface area contributed by atoms with Crippen LogP contribution in [0.1, 0.15) is 57.2 Å². The number of piperidine rings is 1. The zero-order chi connectivity index (χ0) is 24.4. The Labute approximate surface area is 204 Å². The van der Waals surface area contributed by atoms with Crippen LogP contribution < -0.4 is 16.0 Å². The fourth-order valence-electron chi connectivity index (χ4n) is 4.42. The van der Waals surface area contributed by atoms with Gasteiger partial charge in [0.15, 0.2) is 0 Å². The molecule has 4 heterocycles. The predicted octanol–water partition coefficient (Wildman–Crippen LogP) is 3.24. The van der Waals surface area contributed by atoms with Crippen LogP contribution in [0, 0.1) is 6.92 Å². The molecule has 3 aromatic rings. The number of pyridine rings is 1. The molecule has 0 radical (unpaired) electrons. The molecule has 2 aromatic heterocycles. The molecule has 9 heteroatoms. The van der Waals surface area contributed by atoms with Gasteiger partial charge in [0.05, 0.1) is 17.4 Å². The van der Waals surface area contributed by atoms with Crippen molar-refractivity contribution in [3.8, 4) is 0 Å². The predicted molar refractivity (Wildman–Crippen MR) is 135 cm³/mol. The van der Waals surface area contributed by atoms with E-state index in [1.54, 1.807) is 24.7 Å². The van der Waals surface area contributed by atoms with Crippen molar-refractivity contribution in [3.05, 3.63) is 71.3 Å². The molecule has 1 aromatic carbocycles. The molecule has 9 nitrogen and oxygen atoms in total. The number of aromatic nitrogens is 3. The Morgan fingerprint density at radius 3 is 2.31 bits per heavy atom. The first-order valence-corrected chi connectivity index (χ1v) is 12.0. The van der Waals surface area contributed by atoms with E-state index in [9.17, 15) is 9.59 Å². The number of carbonyl (C=O) groups excluding carboxylic acids is 2. The van der Waals surface area contributed by atoms with Gasteiger partial charge in [-0.3, -0.25) is 14.6 Å². The lowest BCUT2D eigenvalue weighted by Gasteiger charge is -2.32. The van der Waals surface area contributed by atoms with E-state index in [4.69, 9.17) is 5.73 Å². The number of amides is 2. The number of likely N-dealkylation sites (tertiary alicyclic amines) is 1. The van der Waals surface area contributed by atoms with E-state index in [0.717, 1.165) is 43.6 Å². The van der Waals surface area contributed by atoms with Gasteiger partial charge in [0.2, 0.25) is 5.95 Å². The van der Waals surface area contributed by atoms with Gasteiger partial charge in [-0.25, -0.2) is 9.97 Å². The van der Waals surface area contributed by atoms with Gasteiger partial charge in [-0.15, -0.1) is 0 Å². The topological polar surface area (TPSA) is 117 Å². The van der Waals surface area contributed by atoms with Crippen molar-refractivity contribution >= 4 is 29.1 Å². The smallest absolute Gasteiger partial charge is 0.258 e. The van der Waals surface area contributed by atoms with Gasteiger partial charge in [0, 0.05) is 61.4 Å². The molecule has 2 fully saturated rings. The Kier molecular flexibility index (Phi) is 6.31. The van der Waals surface area contributed by atoms with E-state index in [-0.39, 0.29) is 11.8 Å². The van der Waals surface area contributed by atoms with E-state index in [1.165, 1.54) is 0 Å². The maximum absolute atomic E-state index is 13.2. The molecule has 2 amide bonds. The number of rotatable bonds is 5. The summed E-state index contributed by atoms with van der Waals surface area (Å²) in [7, 11) is 0. The highest BCUT2D eigenvalue weighted by Crippen LogP contribution is 2.28. The first-order valence-electron chi connectivity index (χ1n) is 12.0. The van der Waals surface area contributed by atoms with Gasteiger partial charge < -0.3 is 20.9 Å². The molecule has 0 atom stereocenters. The average Bonchev–Trinajstić information content (AvgIpc) is 2.85. The van der Waals surface area contributed by atoms with Crippen molar-refractivity contribution in [2.45, 2.75) is 32.1 Å². The molecule has 180 valence electrons. The lowest BCUT2D eigenvalue weighted by Crippen LogP contribution is -2.38. The van der Waals surface area contributed by atoms with Crippen LogP contribution in [0.2, 0.25) is 0 Å². The van der Waals surface area contributed by atoms with Crippen LogP contribution >= 0.6 is 0 Å². The lowest BCUT2D eigenvalue weighted by atomic mass is 9.92. The zero-order valence-corrected chi connectivity index (χ0v) is 19.8. The minimum Gasteiger partial charge on any atom is -0.397 e. The van der Waals surface area contributed by atoms with E-state index in [2.05, 4.69) is 25.2 Å². The fraction of sp³-hybridized carbons (Fsp3) is 0.346. The summed E-state index contributed by atoms with van der Waals surface area (Å²) in [5.41, 5.74) is 9.83. The van der Waals surface area contributed by atoms with Crippen molar-refractivity contribution in [2.75, 3.05) is 42.1 Å². The minimum atomic E-state index is -0.301. The molecule has 2 aliphatic rings. The number of hydrogen-bond acceptors (Lipinski definition) is 7. The van der Waals surface area contributed by atoms with E-state index < -0.39 is 0 Å². The second kappa shape index (κ2) is 9.69. The third kappa shape index (κ3) is 4.94. The summed E-state index contributed by atoms with van der Waals surface area (Å²) in [5, 5.41) is 2.91. The van der Waals surface area contributed by atoms with Crippen molar-refractivity contribution < 1.29 is 9.59 Å². The Hall–Kier alpha value is -4.01. The first kappa shape index (κ1) is 22.8. The van der Waals surface area contributed by atoms with Crippen LogP contribution in [0.25, 0.3) is 0 Å². The summed E-state index contributed by atoms with van der Waals surface area (Å²) in [6.07, 6.45) is 7.61. The summed E-state index contributed by atoms with van der Waals surface area (Å²) in [6.45, 7) is 5.11. The van der Waals surface area contributed by atoms with Gasteiger partial charge in [-0.1, -0.05) is 6.07 Å². The van der Waals surface area contributed by atoms with Crippen LogP contribution in [0.15, 0.2) is 48.9 Å². The molecule has 3 N–H and O–H groups in total. The quantitative estimate of drug-likeness (QED) is 0.587. The van der Waals surface area contributed by atoms with Crippen LogP contribution in [0.5, 0.6) is 0 Å². The number of nitrogens with one attached hydrogen (secondary N) is 1. The standard InChI is InChI=1S/C26H29N7O2/c1-17-3-4-19(25(35)32-11-7-18(8-12-32)22-6-5-21(27)16-28-22)13-23(17)31-24(34)20-14-29-26(30-15-20)33-9-2-10-33/h3-6,13-16,18H,2,7-12,27H2,1H3,(H,31,34). The number of aryl methyl sites for hydroxylation is 1. The highest BCUT2D eigenvalue weighted by molar-refractivity contribution is 6.05. The van der Waals surface area contributed by atoms with Gasteiger partial charge in [-0.05, 0) is 56.0 Å². The fourth-order valence-corrected chi connectivity index (χ4v) is 4.42. The Morgan fingerprint density at radius 2 is 1.69 bits per heavy atom. The average molecular weight is 472 g/mol. The number of nitrogens with zero attached hydrogens (tertiary/aromatic N) is 5. The number of carbonyl (C=O) groups is 2. The zero-order valence-electron chi connectivity index (χ0n) is 19.8. The second-order valence-electron chi connectivity index (χ2n) is 9.18. The summed E-state index contributed by atoms with van der Waals surface area (Å²) in [4.78, 5) is 43.0. The maximum atomic E-state index is 13.2. The molecule has 5 rings (SSSR count). The van der Waals surface area contributed by atoms with Gasteiger partial charge in [0.25, 0.3) is 11.8 Å². The molecule has 2 aliphatic heterocycles. The van der Waals surface area contributed by atoms with Crippen LogP contribution in [-0.2, 0) is 0 Å². The van der Waals surface area contributed by atoms with Crippen molar-refractivity contribution in [1.82, 2.24) is 19.9 Å². The van der Waals surface area contributed by atoms with Crippen molar-refractivity contribution in [2.24, 2.45) is 0 Å². The second-order valence-corrected chi connectivity index (χ2v) is 9.18. The number of nitrogens with two attached hydrogens (primary N) is 1. The summed E-state index contributed by atoms with van der Waals surface area (Å²) >= 11 is 0. The molecule has 0 bridgehead atoms. The van der Waals surface area contributed by atoms with Crippen LogP contribution in [0.3, 0.4) is 0 Å². The van der Waals surface area contributed by atoms with E-state index >= 15 is 0 Å². The van der Waals surface area contributed by atoms with Gasteiger partial charge in [-0.2, -0.15) is 0 Å². The summed E-state index contributed by atoms with van der Waals surface area (Å²) in [5.74, 6) is 0.630. The Balaban J connectivity index is 1.22. The molecular formula is C26H29N7O2. The van der Waals surface area contributed by atoms with Crippen LogP contribution in [0.4, 0.5) is 17.3 Å². The Bertz CT molecular complexity index is 1220. The molecule has 0 aliphatic carbocycles. The SMILES string of the molecule is Cc1ccc(C(=O)N2CCC(c3ccc(N)cn3)CC2)cc1NC(=O)c1cnc(N2CCC2)nc1. The number of nitrogen functional groups attached to an aromatic ring is 1. The molecular weight excluding hydrogens is 442 g/mol. The maximum Gasteiger partial charge on any atom is 0.258 e. The number of benzene rings is 1. The molecule has 0 unspecified atom stereocenters. The molecule has 35 heavy (non-hydrogen) atoms. The van der Waals surface area contributed by atoms with Gasteiger partial charge >= 0.3 is 0 Å². The first-order chi connectivity index (χ1) is 17.0.